The highest BCUT2D eigenvalue weighted by atomic mass is 15.0. The van der Waals surface area contributed by atoms with E-state index in [1.54, 1.807) is 0 Å². The zero-order valence-electron chi connectivity index (χ0n) is 9.24. The van der Waals surface area contributed by atoms with Gasteiger partial charge in [-0.2, -0.15) is 0 Å². The average Bonchev–Trinajstić information content (AvgIpc) is 2.42. The van der Waals surface area contributed by atoms with Crippen LogP contribution in [-0.2, 0) is 0 Å². The lowest BCUT2D eigenvalue weighted by Gasteiger charge is -3.03. The highest BCUT2D eigenvalue weighted by molar-refractivity contribution is 5.45. The van der Waals surface area contributed by atoms with Crippen LogP contribution in [0.4, 0.5) is 0 Å². The minimum Gasteiger partial charge on any atom is -0.0312 e. The zero-order chi connectivity index (χ0) is 9.24. The summed E-state index contributed by atoms with van der Waals surface area (Å²) in [6.45, 7) is 0. The first kappa shape index (κ1) is 6.25. The molecule has 0 bridgehead atoms. The largest absolute Gasteiger partial charge is 0.0312 e. The van der Waals surface area contributed by atoms with Gasteiger partial charge >= 0.3 is 0 Å². The molecule has 0 aliphatic heterocycles. The van der Waals surface area contributed by atoms with Crippen molar-refractivity contribution in [2.45, 2.75) is 0 Å². The van der Waals surface area contributed by atoms with Gasteiger partial charge < -0.3 is 0 Å². The van der Waals surface area contributed by atoms with E-state index in [2.05, 4.69) is 0 Å². The molecule has 16 heavy (non-hydrogen) atoms. The molecule has 0 radical (unpaired) electrons. The van der Waals surface area contributed by atoms with Crippen LogP contribution >= 0.6 is 0 Å². The molecule has 12 aliphatic rings. The molecule has 0 heterocycles. The predicted molar refractivity (Wildman–Crippen MR) is 55.8 cm³/mol. The molecule has 0 amide bonds. The van der Waals surface area contributed by atoms with E-state index in [1.807, 2.05) is 0 Å². The molecular weight excluding hydrogens is 192 g/mol. The van der Waals surface area contributed by atoms with Gasteiger partial charge in [0.1, 0.15) is 0 Å². The SMILES string of the molecule is C12C3C4C1C1C2C3C41.C12C3C4C1C1C2C3C41. The Morgan fingerprint density at radius 3 is 0.250 bits per heavy atom. The Labute approximate surface area is 95.2 Å². The third kappa shape index (κ3) is 0.257. The summed E-state index contributed by atoms with van der Waals surface area (Å²) in [7, 11) is 0. The molecular formula is C16H16. The Balaban J connectivity index is 0.0000000720. The summed E-state index contributed by atoms with van der Waals surface area (Å²) in [5.74, 6) is 21.3. The van der Waals surface area contributed by atoms with Gasteiger partial charge in [0.25, 0.3) is 0 Å². The third-order valence-corrected chi connectivity index (χ3v) is 10.7. The Morgan fingerprint density at radius 1 is 0.125 bits per heavy atom. The van der Waals surface area contributed by atoms with Gasteiger partial charge in [-0.1, -0.05) is 0 Å². The summed E-state index contributed by atoms with van der Waals surface area (Å²) in [6, 6.07) is 0. The van der Waals surface area contributed by atoms with Crippen molar-refractivity contribution in [3.05, 3.63) is 0 Å². The summed E-state index contributed by atoms with van der Waals surface area (Å²) >= 11 is 0. The lowest BCUT2D eigenvalue weighted by atomic mass is 9.01. The van der Waals surface area contributed by atoms with Crippen LogP contribution in [-0.4, -0.2) is 0 Å². The first-order chi connectivity index (χ1) is 8.00. The van der Waals surface area contributed by atoms with Crippen LogP contribution in [0.15, 0.2) is 0 Å². The van der Waals surface area contributed by atoms with Crippen LogP contribution in [0.3, 0.4) is 0 Å². The van der Waals surface area contributed by atoms with Crippen molar-refractivity contribution in [3.63, 3.8) is 0 Å². The van der Waals surface area contributed by atoms with Gasteiger partial charge in [-0.25, -0.2) is 0 Å². The van der Waals surface area contributed by atoms with Gasteiger partial charge in [-0.05, 0) is 94.7 Å². The van der Waals surface area contributed by atoms with Crippen LogP contribution in [0.1, 0.15) is 0 Å². The molecule has 0 atom stereocenters. The monoisotopic (exact) mass is 208 g/mol. The molecule has 12 saturated carbocycles. The second-order valence-electron chi connectivity index (χ2n) is 9.24. The van der Waals surface area contributed by atoms with E-state index in [9.17, 15) is 0 Å². The van der Waals surface area contributed by atoms with Crippen LogP contribution in [0.5, 0.6) is 0 Å². The van der Waals surface area contributed by atoms with E-state index in [1.165, 1.54) is 94.7 Å². The van der Waals surface area contributed by atoms with Gasteiger partial charge in [0.15, 0.2) is 0 Å². The molecule has 0 aromatic heterocycles. The molecule has 0 N–H and O–H groups in total. The molecule has 0 spiro atoms. The van der Waals surface area contributed by atoms with E-state index in [0.717, 1.165) is 0 Å². The van der Waals surface area contributed by atoms with E-state index in [0.29, 0.717) is 0 Å². The molecule has 12 fully saturated rings. The summed E-state index contributed by atoms with van der Waals surface area (Å²) in [5, 5.41) is 0. The summed E-state index contributed by atoms with van der Waals surface area (Å²) in [4.78, 5) is 0. The van der Waals surface area contributed by atoms with E-state index in [4.69, 9.17) is 0 Å². The summed E-state index contributed by atoms with van der Waals surface area (Å²) < 4.78 is 0. The molecule has 0 nitrogen and oxygen atoms in total. The van der Waals surface area contributed by atoms with Crippen molar-refractivity contribution < 1.29 is 0 Å². The molecule has 12 rings (SSSR count). The average molecular weight is 208 g/mol. The van der Waals surface area contributed by atoms with Crippen LogP contribution in [0.2, 0.25) is 0 Å². The lowest BCUT2D eigenvalue weighted by molar-refractivity contribution is -0.565. The standard InChI is InChI=1S/2C8H8/c2*1-2-5-3(1)7-4(1)6(2)8(5)7/h2*1-8H. The molecule has 0 saturated heterocycles. The van der Waals surface area contributed by atoms with Crippen LogP contribution in [0.25, 0.3) is 0 Å². The smallest absolute Gasteiger partial charge is 0.0312 e. The molecule has 0 heteroatoms. The predicted octanol–water partition coefficient (Wildman–Crippen LogP) is 1.97. The summed E-state index contributed by atoms with van der Waals surface area (Å²) in [5.41, 5.74) is 0. The number of hydrogen-bond acceptors (Lipinski definition) is 0. The number of rotatable bonds is 0. The van der Waals surface area contributed by atoms with Crippen molar-refractivity contribution in [3.8, 4) is 0 Å². The van der Waals surface area contributed by atoms with Crippen molar-refractivity contribution in [1.82, 2.24) is 0 Å². The van der Waals surface area contributed by atoms with Gasteiger partial charge in [0, 0.05) is 0 Å². The normalized spacial score (nSPS) is 108. The maximum Gasteiger partial charge on any atom is -0.0312 e. The fourth-order valence-electron chi connectivity index (χ4n) is 10.6. The molecule has 12 aliphatic carbocycles. The summed E-state index contributed by atoms with van der Waals surface area (Å²) in [6.07, 6.45) is 0. The van der Waals surface area contributed by atoms with Crippen LogP contribution in [0, 0.1) is 94.7 Å². The fourth-order valence-corrected chi connectivity index (χ4v) is 10.6. The minimum atomic E-state index is 1.33. The van der Waals surface area contributed by atoms with Gasteiger partial charge in [-0.15, -0.1) is 0 Å². The highest BCUT2D eigenvalue weighted by Crippen LogP contribution is 3.01. The van der Waals surface area contributed by atoms with Crippen molar-refractivity contribution in [2.24, 2.45) is 94.7 Å². The van der Waals surface area contributed by atoms with E-state index in [-0.39, 0.29) is 0 Å². The second kappa shape index (κ2) is 1.28. The van der Waals surface area contributed by atoms with Crippen molar-refractivity contribution in [2.75, 3.05) is 0 Å². The number of hydrogen-bond donors (Lipinski definition) is 0. The fraction of sp³-hybridized carbons (Fsp3) is 1.00. The highest BCUT2D eigenvalue weighted by Gasteiger charge is 2.98. The van der Waals surface area contributed by atoms with Crippen molar-refractivity contribution >= 4 is 0 Å². The Kier molecular flexibility index (Phi) is 0.498. The van der Waals surface area contributed by atoms with E-state index >= 15 is 0 Å². The first-order valence-electron chi connectivity index (χ1n) is 8.00. The second-order valence-corrected chi connectivity index (χ2v) is 9.24. The van der Waals surface area contributed by atoms with Crippen LogP contribution < -0.4 is 0 Å². The first-order valence-corrected chi connectivity index (χ1v) is 8.00. The third-order valence-electron chi connectivity index (χ3n) is 10.7. The topological polar surface area (TPSA) is 0 Å². The van der Waals surface area contributed by atoms with Crippen molar-refractivity contribution in [1.29, 1.82) is 0 Å². The molecule has 0 aromatic rings. The van der Waals surface area contributed by atoms with Gasteiger partial charge in [0.05, 0.1) is 0 Å². The molecule has 0 aromatic carbocycles. The van der Waals surface area contributed by atoms with Gasteiger partial charge in [-0.3, -0.25) is 0 Å². The maximum absolute atomic E-state index is 1.33. The zero-order valence-corrected chi connectivity index (χ0v) is 9.24. The Morgan fingerprint density at radius 2 is 0.188 bits per heavy atom. The maximum atomic E-state index is 1.33. The Bertz CT molecular complexity index is 268. The lowest BCUT2D eigenvalue weighted by Crippen LogP contribution is -3.00. The molecule has 0 unspecified atom stereocenters. The quantitative estimate of drug-likeness (QED) is 0.571. The van der Waals surface area contributed by atoms with Gasteiger partial charge in [0.2, 0.25) is 0 Å². The van der Waals surface area contributed by atoms with E-state index < -0.39 is 0 Å². The minimum absolute atomic E-state index is 1.33. The molecule has 80 valence electrons. The Hall–Kier alpha value is 0.